The third kappa shape index (κ3) is 1.14. The van der Waals surface area contributed by atoms with E-state index < -0.39 is 10.8 Å². The van der Waals surface area contributed by atoms with Gasteiger partial charge in [-0.15, -0.1) is 0 Å². The third-order valence-electron chi connectivity index (χ3n) is 3.55. The van der Waals surface area contributed by atoms with E-state index in [0.717, 1.165) is 41.4 Å². The van der Waals surface area contributed by atoms with Crippen molar-refractivity contribution in [3.63, 3.8) is 0 Å². The molecule has 3 rings (SSSR count). The number of hydrogen-bond acceptors (Lipinski definition) is 3. The minimum atomic E-state index is -0.859. The van der Waals surface area contributed by atoms with Gasteiger partial charge in [-0.05, 0) is 26.7 Å². The molecular weight excluding hydrogens is 208 g/mol. The number of hydrogen-bond donors (Lipinski definition) is 0. The molecule has 0 N–H and O–H groups in total. The fraction of sp³-hybridized carbons (Fsp3) is 0.636. The van der Waals surface area contributed by atoms with Crippen molar-refractivity contribution in [2.24, 2.45) is 0 Å². The van der Waals surface area contributed by atoms with Crippen LogP contribution in [0.2, 0.25) is 0 Å². The molecule has 1 aliphatic carbocycles. The molecule has 0 saturated heterocycles. The Morgan fingerprint density at radius 3 is 2.60 bits per heavy atom. The van der Waals surface area contributed by atoms with Crippen LogP contribution in [0.4, 0.5) is 0 Å². The maximum atomic E-state index is 12.4. The van der Waals surface area contributed by atoms with Crippen LogP contribution in [0.1, 0.15) is 36.5 Å². The topological polar surface area (TPSA) is 42.9 Å². The standard InChI is InChI=1S/C11H14N2OS/c1-7-10-9(13-8(2)12-7)6-11(15(10)14)4-3-5-11/h3-6H2,1-2H3. The van der Waals surface area contributed by atoms with Gasteiger partial charge in [-0.2, -0.15) is 0 Å². The van der Waals surface area contributed by atoms with Gasteiger partial charge in [-0.3, -0.25) is 4.21 Å². The van der Waals surface area contributed by atoms with E-state index >= 15 is 0 Å². The van der Waals surface area contributed by atoms with Crippen molar-refractivity contribution in [2.45, 2.75) is 49.2 Å². The summed E-state index contributed by atoms with van der Waals surface area (Å²) < 4.78 is 12.4. The van der Waals surface area contributed by atoms with E-state index in [1.54, 1.807) is 0 Å². The van der Waals surface area contributed by atoms with Crippen LogP contribution >= 0.6 is 0 Å². The highest BCUT2D eigenvalue weighted by molar-refractivity contribution is 7.87. The van der Waals surface area contributed by atoms with Crippen molar-refractivity contribution in [2.75, 3.05) is 0 Å². The molecule has 15 heavy (non-hydrogen) atoms. The monoisotopic (exact) mass is 222 g/mol. The maximum Gasteiger partial charge on any atom is 0.125 e. The van der Waals surface area contributed by atoms with Crippen LogP contribution in [0.15, 0.2) is 4.90 Å². The first-order valence-corrected chi connectivity index (χ1v) is 6.53. The summed E-state index contributed by atoms with van der Waals surface area (Å²) in [6.07, 6.45) is 4.30. The first-order valence-electron chi connectivity index (χ1n) is 5.38. The van der Waals surface area contributed by atoms with E-state index in [1.165, 1.54) is 6.42 Å². The van der Waals surface area contributed by atoms with E-state index in [0.29, 0.717) is 0 Å². The molecule has 1 aromatic rings. The smallest absolute Gasteiger partial charge is 0.125 e. The van der Waals surface area contributed by atoms with E-state index in [2.05, 4.69) is 9.97 Å². The van der Waals surface area contributed by atoms with Crippen molar-refractivity contribution >= 4 is 10.8 Å². The summed E-state index contributed by atoms with van der Waals surface area (Å²) in [7, 11) is -0.859. The Bertz CT molecular complexity index is 466. The predicted octanol–water partition coefficient (Wildman–Crippen LogP) is 1.68. The SMILES string of the molecule is Cc1nc(C)c2c(n1)CC1(CCC1)S2=O. The summed E-state index contributed by atoms with van der Waals surface area (Å²) in [6, 6.07) is 0. The average Bonchev–Trinajstić information content (AvgIpc) is 2.37. The quantitative estimate of drug-likeness (QED) is 0.670. The lowest BCUT2D eigenvalue weighted by Gasteiger charge is -2.36. The van der Waals surface area contributed by atoms with Crippen molar-refractivity contribution in [3.8, 4) is 0 Å². The second-order valence-electron chi connectivity index (χ2n) is 4.61. The highest BCUT2D eigenvalue weighted by atomic mass is 32.2. The Hall–Kier alpha value is -0.770. The number of aromatic nitrogens is 2. The molecule has 2 heterocycles. The highest BCUT2D eigenvalue weighted by Gasteiger charge is 2.50. The summed E-state index contributed by atoms with van der Waals surface area (Å²) >= 11 is 0. The summed E-state index contributed by atoms with van der Waals surface area (Å²) in [5.74, 6) is 0.805. The van der Waals surface area contributed by atoms with Crippen LogP contribution in [0.5, 0.6) is 0 Å². The van der Waals surface area contributed by atoms with Gasteiger partial charge < -0.3 is 0 Å². The van der Waals surface area contributed by atoms with Gasteiger partial charge in [-0.25, -0.2) is 9.97 Å². The van der Waals surface area contributed by atoms with Gasteiger partial charge in [0.2, 0.25) is 0 Å². The molecule has 0 bridgehead atoms. The third-order valence-corrected chi connectivity index (χ3v) is 5.79. The Kier molecular flexibility index (Phi) is 1.81. The Balaban J connectivity index is 2.16. The van der Waals surface area contributed by atoms with Gasteiger partial charge in [0, 0.05) is 6.42 Å². The Morgan fingerprint density at radius 1 is 1.27 bits per heavy atom. The normalized spacial score (nSPS) is 26.4. The molecule has 1 spiro atoms. The minimum Gasteiger partial charge on any atom is -0.254 e. The first-order chi connectivity index (χ1) is 7.12. The van der Waals surface area contributed by atoms with Gasteiger partial charge in [0.1, 0.15) is 5.82 Å². The molecular formula is C11H14N2OS. The second-order valence-corrected chi connectivity index (χ2v) is 6.43. The van der Waals surface area contributed by atoms with Crippen LogP contribution in [-0.4, -0.2) is 18.9 Å². The summed E-state index contributed by atoms with van der Waals surface area (Å²) in [5.41, 5.74) is 1.96. The molecule has 1 unspecified atom stereocenters. The molecule has 3 nitrogen and oxygen atoms in total. The lowest BCUT2D eigenvalue weighted by molar-refractivity contribution is 0.355. The number of rotatable bonds is 0. The lowest BCUT2D eigenvalue weighted by Crippen LogP contribution is -2.39. The molecule has 0 amide bonds. The molecule has 1 saturated carbocycles. The molecule has 2 aliphatic rings. The van der Waals surface area contributed by atoms with Crippen LogP contribution in [0.3, 0.4) is 0 Å². The van der Waals surface area contributed by atoms with E-state index in [-0.39, 0.29) is 4.75 Å². The fourth-order valence-corrected chi connectivity index (χ4v) is 4.66. The van der Waals surface area contributed by atoms with Crippen molar-refractivity contribution in [1.29, 1.82) is 0 Å². The Morgan fingerprint density at radius 2 is 2.00 bits per heavy atom. The van der Waals surface area contributed by atoms with E-state index in [1.807, 2.05) is 13.8 Å². The fourth-order valence-electron chi connectivity index (χ4n) is 2.65. The van der Waals surface area contributed by atoms with Crippen molar-refractivity contribution in [1.82, 2.24) is 9.97 Å². The van der Waals surface area contributed by atoms with Crippen LogP contribution in [0, 0.1) is 13.8 Å². The molecule has 1 aliphatic heterocycles. The predicted molar refractivity (Wildman–Crippen MR) is 58.2 cm³/mol. The molecule has 1 atom stereocenters. The minimum absolute atomic E-state index is 0.0373. The first kappa shape index (κ1) is 9.46. The second kappa shape index (κ2) is 2.88. The Labute approximate surface area is 91.8 Å². The summed E-state index contributed by atoms with van der Waals surface area (Å²) in [6.45, 7) is 3.85. The zero-order valence-electron chi connectivity index (χ0n) is 9.04. The summed E-state index contributed by atoms with van der Waals surface area (Å²) in [4.78, 5) is 9.68. The van der Waals surface area contributed by atoms with Gasteiger partial charge in [0.15, 0.2) is 0 Å². The van der Waals surface area contributed by atoms with Gasteiger partial charge >= 0.3 is 0 Å². The molecule has 1 fully saturated rings. The molecule has 0 radical (unpaired) electrons. The lowest BCUT2D eigenvalue weighted by atomic mass is 9.81. The van der Waals surface area contributed by atoms with Gasteiger partial charge in [-0.1, -0.05) is 6.42 Å². The zero-order valence-corrected chi connectivity index (χ0v) is 9.86. The zero-order chi connectivity index (χ0) is 10.6. The number of fused-ring (bicyclic) bond motifs is 1. The van der Waals surface area contributed by atoms with E-state index in [4.69, 9.17) is 0 Å². The summed E-state index contributed by atoms with van der Waals surface area (Å²) in [5, 5.41) is 0. The van der Waals surface area contributed by atoms with Gasteiger partial charge in [0.05, 0.1) is 31.8 Å². The van der Waals surface area contributed by atoms with Crippen molar-refractivity contribution < 1.29 is 4.21 Å². The molecule has 0 aromatic carbocycles. The maximum absolute atomic E-state index is 12.4. The number of nitrogens with zero attached hydrogens (tertiary/aromatic N) is 2. The van der Waals surface area contributed by atoms with Crippen LogP contribution in [0.25, 0.3) is 0 Å². The van der Waals surface area contributed by atoms with Gasteiger partial charge in [0.25, 0.3) is 0 Å². The molecule has 4 heteroatoms. The molecule has 1 aromatic heterocycles. The van der Waals surface area contributed by atoms with E-state index in [9.17, 15) is 4.21 Å². The molecule has 80 valence electrons. The largest absolute Gasteiger partial charge is 0.254 e. The number of aryl methyl sites for hydroxylation is 2. The van der Waals surface area contributed by atoms with Crippen LogP contribution in [-0.2, 0) is 17.2 Å². The van der Waals surface area contributed by atoms with Crippen molar-refractivity contribution in [3.05, 3.63) is 17.2 Å². The van der Waals surface area contributed by atoms with Crippen LogP contribution < -0.4 is 0 Å². The highest BCUT2D eigenvalue weighted by Crippen LogP contribution is 2.48. The average molecular weight is 222 g/mol.